The standard InChI is InChI=1S/C17H27N5O2/c1-12-5-7-22(8-6-12)16-20-10-13(9-18)15(21-16)19-11-14(23)24-17(2,3)4/h9-10,12,18H,5-8,11H2,1-4H3,(H,19,20,21). The molecule has 1 aliphatic heterocycles. The first-order valence-electron chi connectivity index (χ1n) is 8.36. The first kappa shape index (κ1) is 18.2. The molecular weight excluding hydrogens is 306 g/mol. The number of esters is 1. The molecule has 1 aliphatic rings. The Morgan fingerprint density at radius 1 is 1.46 bits per heavy atom. The molecule has 0 spiro atoms. The summed E-state index contributed by atoms with van der Waals surface area (Å²) in [7, 11) is 0. The normalized spacial score (nSPS) is 15.9. The summed E-state index contributed by atoms with van der Waals surface area (Å²) < 4.78 is 5.28. The Balaban J connectivity index is 2.06. The van der Waals surface area contributed by atoms with Crippen LogP contribution in [0, 0.1) is 11.3 Å². The fraction of sp³-hybridized carbons (Fsp3) is 0.647. The predicted molar refractivity (Wildman–Crippen MR) is 94.9 cm³/mol. The van der Waals surface area contributed by atoms with Gasteiger partial charge in [0, 0.05) is 25.5 Å². The summed E-state index contributed by atoms with van der Waals surface area (Å²) in [4.78, 5) is 22.9. The zero-order valence-corrected chi connectivity index (χ0v) is 14.9. The molecule has 7 nitrogen and oxygen atoms in total. The van der Waals surface area contributed by atoms with Crippen LogP contribution in [0.15, 0.2) is 6.20 Å². The zero-order chi connectivity index (χ0) is 17.7. The average Bonchev–Trinajstić information content (AvgIpc) is 2.52. The lowest BCUT2D eigenvalue weighted by atomic mass is 10.00. The second-order valence-electron chi connectivity index (χ2n) is 7.23. The number of piperidine rings is 1. The molecule has 1 saturated heterocycles. The molecule has 0 saturated carbocycles. The fourth-order valence-corrected chi connectivity index (χ4v) is 2.52. The van der Waals surface area contributed by atoms with Gasteiger partial charge in [-0.2, -0.15) is 4.98 Å². The summed E-state index contributed by atoms with van der Waals surface area (Å²) in [5, 5.41) is 10.5. The molecule has 2 rings (SSSR count). The van der Waals surface area contributed by atoms with Gasteiger partial charge in [0.1, 0.15) is 18.0 Å². The molecule has 0 atom stereocenters. The number of anilines is 2. The highest BCUT2D eigenvalue weighted by molar-refractivity contribution is 5.85. The van der Waals surface area contributed by atoms with Crippen LogP contribution in [0.5, 0.6) is 0 Å². The lowest BCUT2D eigenvalue weighted by Crippen LogP contribution is -2.34. The molecular formula is C17H27N5O2. The Kier molecular flexibility index (Phi) is 5.75. The summed E-state index contributed by atoms with van der Waals surface area (Å²) >= 11 is 0. The Labute approximate surface area is 143 Å². The van der Waals surface area contributed by atoms with Gasteiger partial charge in [-0.25, -0.2) is 4.98 Å². The van der Waals surface area contributed by atoms with Crippen molar-refractivity contribution in [2.45, 2.75) is 46.1 Å². The Bertz CT molecular complexity index is 589. The topological polar surface area (TPSA) is 91.2 Å². The summed E-state index contributed by atoms with van der Waals surface area (Å²) in [6, 6.07) is 0. The van der Waals surface area contributed by atoms with Gasteiger partial charge in [-0.15, -0.1) is 0 Å². The molecule has 132 valence electrons. The smallest absolute Gasteiger partial charge is 0.325 e. The molecule has 0 amide bonds. The third kappa shape index (κ3) is 5.18. The number of nitrogens with zero attached hydrogens (tertiary/aromatic N) is 3. The van der Waals surface area contributed by atoms with E-state index in [1.54, 1.807) is 6.20 Å². The lowest BCUT2D eigenvalue weighted by Gasteiger charge is -2.30. The first-order chi connectivity index (χ1) is 11.3. The van der Waals surface area contributed by atoms with Gasteiger partial charge < -0.3 is 20.4 Å². The molecule has 1 fully saturated rings. The van der Waals surface area contributed by atoms with Crippen LogP contribution in [0.25, 0.3) is 0 Å². The molecule has 0 aliphatic carbocycles. The highest BCUT2D eigenvalue weighted by Gasteiger charge is 2.20. The van der Waals surface area contributed by atoms with Gasteiger partial charge in [0.15, 0.2) is 0 Å². The predicted octanol–water partition coefficient (Wildman–Crippen LogP) is 2.46. The largest absolute Gasteiger partial charge is 0.459 e. The molecule has 24 heavy (non-hydrogen) atoms. The summed E-state index contributed by atoms with van der Waals surface area (Å²) in [5.41, 5.74) is 0.0254. The van der Waals surface area contributed by atoms with E-state index in [1.807, 2.05) is 20.8 Å². The van der Waals surface area contributed by atoms with Crippen LogP contribution in [0.3, 0.4) is 0 Å². The molecule has 1 aromatic heterocycles. The molecule has 0 radical (unpaired) electrons. The van der Waals surface area contributed by atoms with Gasteiger partial charge in [-0.05, 0) is 39.5 Å². The number of carbonyl (C=O) groups is 1. The number of rotatable bonds is 5. The van der Waals surface area contributed by atoms with Crippen molar-refractivity contribution in [3.63, 3.8) is 0 Å². The zero-order valence-electron chi connectivity index (χ0n) is 14.9. The second kappa shape index (κ2) is 7.59. The maximum absolute atomic E-state index is 11.9. The summed E-state index contributed by atoms with van der Waals surface area (Å²) in [5.74, 6) is 1.50. The van der Waals surface area contributed by atoms with Gasteiger partial charge in [0.05, 0.1) is 5.56 Å². The quantitative estimate of drug-likeness (QED) is 0.635. The highest BCUT2D eigenvalue weighted by atomic mass is 16.6. The van der Waals surface area contributed by atoms with E-state index in [0.717, 1.165) is 31.8 Å². The molecule has 0 unspecified atom stereocenters. The van der Waals surface area contributed by atoms with Gasteiger partial charge in [-0.3, -0.25) is 4.79 Å². The third-order valence-electron chi connectivity index (χ3n) is 3.85. The van der Waals surface area contributed by atoms with Gasteiger partial charge in [0.2, 0.25) is 5.95 Å². The minimum Gasteiger partial charge on any atom is -0.459 e. The maximum Gasteiger partial charge on any atom is 0.325 e. The van der Waals surface area contributed by atoms with Crippen molar-refractivity contribution >= 4 is 24.0 Å². The summed E-state index contributed by atoms with van der Waals surface area (Å²) in [6.07, 6.45) is 5.04. The Morgan fingerprint density at radius 3 is 2.71 bits per heavy atom. The van der Waals surface area contributed by atoms with E-state index in [9.17, 15) is 4.79 Å². The molecule has 1 aromatic rings. The monoisotopic (exact) mass is 333 g/mol. The molecule has 2 heterocycles. The van der Waals surface area contributed by atoms with E-state index in [0.29, 0.717) is 17.3 Å². The van der Waals surface area contributed by atoms with Crippen LogP contribution in [-0.2, 0) is 9.53 Å². The number of aromatic nitrogens is 2. The van der Waals surface area contributed by atoms with E-state index >= 15 is 0 Å². The van der Waals surface area contributed by atoms with Crippen molar-refractivity contribution in [2.75, 3.05) is 29.9 Å². The van der Waals surface area contributed by atoms with Crippen LogP contribution in [0.4, 0.5) is 11.8 Å². The first-order valence-corrected chi connectivity index (χ1v) is 8.36. The van der Waals surface area contributed by atoms with E-state index in [-0.39, 0.29) is 12.5 Å². The van der Waals surface area contributed by atoms with Crippen molar-refractivity contribution in [3.05, 3.63) is 11.8 Å². The van der Waals surface area contributed by atoms with Gasteiger partial charge in [-0.1, -0.05) is 6.92 Å². The number of hydrogen-bond acceptors (Lipinski definition) is 7. The molecule has 0 aromatic carbocycles. The Hall–Kier alpha value is -2.18. The van der Waals surface area contributed by atoms with Crippen molar-refractivity contribution < 1.29 is 9.53 Å². The minimum atomic E-state index is -0.523. The van der Waals surface area contributed by atoms with Gasteiger partial charge >= 0.3 is 5.97 Å². The van der Waals surface area contributed by atoms with E-state index < -0.39 is 5.60 Å². The van der Waals surface area contributed by atoms with Crippen LogP contribution in [0.2, 0.25) is 0 Å². The van der Waals surface area contributed by atoms with E-state index in [2.05, 4.69) is 27.1 Å². The van der Waals surface area contributed by atoms with Crippen molar-refractivity contribution in [1.82, 2.24) is 9.97 Å². The molecule has 7 heteroatoms. The fourth-order valence-electron chi connectivity index (χ4n) is 2.52. The molecule has 0 bridgehead atoms. The number of carbonyl (C=O) groups excluding carboxylic acids is 1. The van der Waals surface area contributed by atoms with Crippen LogP contribution in [-0.4, -0.2) is 47.4 Å². The number of hydrogen-bond donors (Lipinski definition) is 2. The average molecular weight is 333 g/mol. The van der Waals surface area contributed by atoms with Crippen LogP contribution in [0.1, 0.15) is 46.1 Å². The van der Waals surface area contributed by atoms with E-state index in [4.69, 9.17) is 10.1 Å². The molecule has 2 N–H and O–H groups in total. The van der Waals surface area contributed by atoms with Crippen molar-refractivity contribution in [1.29, 1.82) is 5.41 Å². The summed E-state index contributed by atoms with van der Waals surface area (Å²) in [6.45, 7) is 9.60. The van der Waals surface area contributed by atoms with Crippen molar-refractivity contribution in [3.8, 4) is 0 Å². The third-order valence-corrected chi connectivity index (χ3v) is 3.85. The lowest BCUT2D eigenvalue weighted by molar-refractivity contribution is -0.152. The number of nitrogens with one attached hydrogen (secondary N) is 2. The van der Waals surface area contributed by atoms with Crippen LogP contribution >= 0.6 is 0 Å². The van der Waals surface area contributed by atoms with Gasteiger partial charge in [0.25, 0.3) is 0 Å². The second-order valence-corrected chi connectivity index (χ2v) is 7.23. The van der Waals surface area contributed by atoms with Crippen LogP contribution < -0.4 is 10.2 Å². The number of ether oxygens (including phenoxy) is 1. The maximum atomic E-state index is 11.9. The Morgan fingerprint density at radius 2 is 2.12 bits per heavy atom. The SMILES string of the molecule is CC1CCN(c2ncc(C=N)c(NCC(=O)OC(C)(C)C)n2)CC1. The highest BCUT2D eigenvalue weighted by Crippen LogP contribution is 2.22. The van der Waals surface area contributed by atoms with Crippen molar-refractivity contribution in [2.24, 2.45) is 5.92 Å². The van der Waals surface area contributed by atoms with E-state index in [1.165, 1.54) is 6.21 Å². The minimum absolute atomic E-state index is 0.00555.